The van der Waals surface area contributed by atoms with Gasteiger partial charge in [-0.25, -0.2) is 0 Å². The maximum Gasteiger partial charge on any atom is 0.228 e. The van der Waals surface area contributed by atoms with Crippen LogP contribution >= 0.6 is 31.4 Å². The van der Waals surface area contributed by atoms with Crippen molar-refractivity contribution in [2.75, 3.05) is 19.3 Å². The van der Waals surface area contributed by atoms with E-state index in [1.165, 1.54) is 0 Å². The molecule has 7 heteroatoms. The number of benzene rings is 1. The van der Waals surface area contributed by atoms with Gasteiger partial charge in [-0.3, -0.25) is 4.57 Å². The summed E-state index contributed by atoms with van der Waals surface area (Å²) in [5.41, 5.74) is 1.15. The maximum absolute atomic E-state index is 12.1. The van der Waals surface area contributed by atoms with Crippen molar-refractivity contribution >= 4 is 31.4 Å². The molecule has 1 aliphatic rings. The predicted molar refractivity (Wildman–Crippen MR) is 88.7 cm³/mol. The Balaban J connectivity index is 0.00000220. The fourth-order valence-corrected chi connectivity index (χ4v) is 4.24. The summed E-state index contributed by atoms with van der Waals surface area (Å²) in [6.45, 7) is 2.08. The molecule has 120 valence electrons. The highest BCUT2D eigenvalue weighted by atomic mass is 35.5. The highest BCUT2D eigenvalue weighted by Crippen LogP contribution is 2.50. The van der Waals surface area contributed by atoms with Gasteiger partial charge >= 0.3 is 0 Å². The van der Waals surface area contributed by atoms with Crippen LogP contribution in [0, 0.1) is 0 Å². The van der Waals surface area contributed by atoms with Gasteiger partial charge in [-0.15, -0.1) is 12.4 Å². The number of ether oxygens (including phenoxy) is 1. The molecule has 0 saturated carbocycles. The Morgan fingerprint density at radius 3 is 2.71 bits per heavy atom. The average Bonchev–Trinajstić information content (AvgIpc) is 2.95. The number of hydrogen-bond acceptors (Lipinski definition) is 3. The topological polar surface area (TPSA) is 58.6 Å². The van der Waals surface area contributed by atoms with Crippen LogP contribution in [0.2, 0.25) is 5.02 Å². The Hall–Kier alpha value is -0.0900. The molecule has 4 nitrogen and oxygen atoms in total. The van der Waals surface area contributed by atoms with Gasteiger partial charge in [-0.2, -0.15) is 0 Å². The number of rotatable bonds is 7. The van der Waals surface area contributed by atoms with E-state index in [0.29, 0.717) is 25.6 Å². The maximum atomic E-state index is 12.1. The zero-order valence-electron chi connectivity index (χ0n) is 11.8. The van der Waals surface area contributed by atoms with Gasteiger partial charge in [0.2, 0.25) is 7.37 Å². The monoisotopic (exact) mass is 353 g/mol. The van der Waals surface area contributed by atoms with Crippen LogP contribution in [0.25, 0.3) is 0 Å². The van der Waals surface area contributed by atoms with E-state index < -0.39 is 13.2 Å². The second-order valence-corrected chi connectivity index (χ2v) is 8.07. The third-order valence-electron chi connectivity index (χ3n) is 3.43. The second-order valence-electron chi connectivity index (χ2n) is 5.10. The van der Waals surface area contributed by atoms with Gasteiger partial charge in [0.25, 0.3) is 0 Å². The summed E-state index contributed by atoms with van der Waals surface area (Å²) in [4.78, 5) is 9.95. The largest absolute Gasteiger partial charge is 0.368 e. The summed E-state index contributed by atoms with van der Waals surface area (Å²) in [5, 5.41) is 4.00. The van der Waals surface area contributed by atoms with Crippen molar-refractivity contribution in [2.24, 2.45) is 0 Å². The molecule has 1 aromatic rings. The van der Waals surface area contributed by atoms with Crippen molar-refractivity contribution in [1.82, 2.24) is 5.32 Å². The minimum absolute atomic E-state index is 0. The lowest BCUT2D eigenvalue weighted by molar-refractivity contribution is 0.154. The van der Waals surface area contributed by atoms with Crippen LogP contribution in [0.4, 0.5) is 0 Å². The fraction of sp³-hybridized carbons (Fsp3) is 0.571. The van der Waals surface area contributed by atoms with Crippen molar-refractivity contribution in [3.63, 3.8) is 0 Å². The zero-order valence-corrected chi connectivity index (χ0v) is 14.3. The molecule has 0 aromatic heterocycles. The van der Waals surface area contributed by atoms with Gasteiger partial charge in [-0.05, 0) is 43.5 Å². The lowest BCUT2D eigenvalue weighted by atomic mass is 10.2. The normalized spacial score (nSPS) is 20.8. The molecule has 1 aliphatic heterocycles. The van der Waals surface area contributed by atoms with E-state index in [1.54, 1.807) is 0 Å². The standard InChI is InChI=1S/C14H21ClNO3P.ClH/c15-13-6-4-12(5-7-13)11-16-8-2-10-20(17,18)14-3-1-9-19-14;/h4-7,14,16H,1-3,8-11H2,(H,17,18);1H. The van der Waals surface area contributed by atoms with Crippen molar-refractivity contribution < 1.29 is 14.2 Å². The molecule has 0 bridgehead atoms. The van der Waals surface area contributed by atoms with Gasteiger partial charge in [0.15, 0.2) is 0 Å². The first-order chi connectivity index (χ1) is 9.58. The molecule has 0 spiro atoms. The highest BCUT2D eigenvalue weighted by Gasteiger charge is 2.33. The Labute approximate surface area is 137 Å². The minimum atomic E-state index is -3.14. The molecule has 2 N–H and O–H groups in total. The van der Waals surface area contributed by atoms with E-state index in [2.05, 4.69) is 5.32 Å². The van der Waals surface area contributed by atoms with Crippen LogP contribution in [0.15, 0.2) is 24.3 Å². The first kappa shape index (κ1) is 19.0. The molecule has 0 radical (unpaired) electrons. The second kappa shape index (κ2) is 9.14. The summed E-state index contributed by atoms with van der Waals surface area (Å²) in [5.74, 6) is -0.432. The molecule has 0 amide bonds. The van der Waals surface area contributed by atoms with Crippen LogP contribution in [0.5, 0.6) is 0 Å². The number of halogens is 2. The lowest BCUT2D eigenvalue weighted by Gasteiger charge is -2.17. The lowest BCUT2D eigenvalue weighted by Crippen LogP contribution is -2.17. The molecule has 0 aliphatic carbocycles. The van der Waals surface area contributed by atoms with Gasteiger partial charge < -0.3 is 14.9 Å². The van der Waals surface area contributed by atoms with E-state index in [0.717, 1.165) is 30.1 Å². The Morgan fingerprint density at radius 1 is 1.38 bits per heavy atom. The molecular weight excluding hydrogens is 332 g/mol. The molecule has 2 atom stereocenters. The summed E-state index contributed by atoms with van der Waals surface area (Å²) in [7, 11) is -3.14. The van der Waals surface area contributed by atoms with Crippen molar-refractivity contribution in [3.05, 3.63) is 34.9 Å². The zero-order chi connectivity index (χ0) is 14.4. The third-order valence-corrected chi connectivity index (χ3v) is 5.95. The predicted octanol–water partition coefficient (Wildman–Crippen LogP) is 3.65. The molecule has 1 fully saturated rings. The van der Waals surface area contributed by atoms with E-state index in [4.69, 9.17) is 16.3 Å². The SMILES string of the molecule is Cl.O=P(O)(CCCNCc1ccc(Cl)cc1)C1CCCO1. The Kier molecular flexibility index (Phi) is 8.25. The van der Waals surface area contributed by atoms with Gasteiger partial charge in [-0.1, -0.05) is 23.7 Å². The summed E-state index contributed by atoms with van der Waals surface area (Å²) >= 11 is 5.82. The molecule has 2 unspecified atom stereocenters. The van der Waals surface area contributed by atoms with Gasteiger partial charge in [0, 0.05) is 24.3 Å². The van der Waals surface area contributed by atoms with Gasteiger partial charge in [0.1, 0.15) is 5.85 Å². The van der Waals surface area contributed by atoms with Gasteiger partial charge in [0.05, 0.1) is 0 Å². The van der Waals surface area contributed by atoms with Crippen LogP contribution < -0.4 is 5.32 Å². The van der Waals surface area contributed by atoms with Crippen LogP contribution in [0.1, 0.15) is 24.8 Å². The average molecular weight is 354 g/mol. The van der Waals surface area contributed by atoms with E-state index in [9.17, 15) is 9.46 Å². The van der Waals surface area contributed by atoms with Crippen LogP contribution in [-0.2, 0) is 15.8 Å². The van der Waals surface area contributed by atoms with Crippen molar-refractivity contribution in [1.29, 1.82) is 0 Å². The Morgan fingerprint density at radius 2 is 2.10 bits per heavy atom. The van der Waals surface area contributed by atoms with Crippen LogP contribution in [0.3, 0.4) is 0 Å². The molecule has 1 aromatic carbocycles. The molecule has 2 rings (SSSR count). The summed E-state index contributed by atoms with van der Waals surface area (Å²) in [6.07, 6.45) is 2.61. The van der Waals surface area contributed by atoms with E-state index >= 15 is 0 Å². The van der Waals surface area contributed by atoms with Crippen molar-refractivity contribution in [2.45, 2.75) is 31.7 Å². The molecule has 1 heterocycles. The van der Waals surface area contributed by atoms with Crippen molar-refractivity contribution in [3.8, 4) is 0 Å². The third kappa shape index (κ3) is 6.27. The quantitative estimate of drug-likeness (QED) is 0.580. The molecular formula is C14H22Cl2NO3P. The van der Waals surface area contributed by atoms with Crippen LogP contribution in [-0.4, -0.2) is 30.1 Å². The number of hydrogen-bond donors (Lipinski definition) is 2. The molecule has 21 heavy (non-hydrogen) atoms. The first-order valence-corrected chi connectivity index (χ1v) is 9.25. The highest BCUT2D eigenvalue weighted by molar-refractivity contribution is 7.58. The minimum Gasteiger partial charge on any atom is -0.368 e. The fourth-order valence-electron chi connectivity index (χ4n) is 2.29. The van der Waals surface area contributed by atoms with E-state index in [-0.39, 0.29) is 12.4 Å². The van der Waals surface area contributed by atoms with E-state index in [1.807, 2.05) is 24.3 Å². The summed E-state index contributed by atoms with van der Waals surface area (Å²) < 4.78 is 17.4. The molecule has 1 saturated heterocycles. The number of nitrogens with one attached hydrogen (secondary N) is 1. The first-order valence-electron chi connectivity index (χ1n) is 6.96. The smallest absolute Gasteiger partial charge is 0.228 e. The Bertz CT molecular complexity index is 464. The summed E-state index contributed by atoms with van der Waals surface area (Å²) in [6, 6.07) is 7.66.